The van der Waals surface area contributed by atoms with Gasteiger partial charge in [0.05, 0.1) is 34.1 Å². The van der Waals surface area contributed by atoms with E-state index in [2.05, 4.69) is 21.1 Å². The lowest BCUT2D eigenvalue weighted by atomic mass is 10.2. The van der Waals surface area contributed by atoms with Crippen molar-refractivity contribution < 1.29 is 14.1 Å². The third-order valence-electron chi connectivity index (χ3n) is 2.87. The Kier molecular flexibility index (Phi) is 4.47. The van der Waals surface area contributed by atoms with E-state index in [0.29, 0.717) is 19.4 Å². The molecule has 0 radical (unpaired) electrons. The molecule has 16 heavy (non-hydrogen) atoms. The molecule has 0 saturated carbocycles. The minimum absolute atomic E-state index is 0.0000463. The van der Waals surface area contributed by atoms with Crippen LogP contribution in [0.3, 0.4) is 0 Å². The van der Waals surface area contributed by atoms with Gasteiger partial charge in [0.15, 0.2) is 0 Å². The number of amides is 2. The lowest BCUT2D eigenvalue weighted by Crippen LogP contribution is -2.41. The van der Waals surface area contributed by atoms with Gasteiger partial charge in [-0.2, -0.15) is 0 Å². The molecule has 0 aromatic heterocycles. The monoisotopic (exact) mass is 227 g/mol. The maximum atomic E-state index is 11.9. The van der Waals surface area contributed by atoms with Crippen molar-refractivity contribution in [3.63, 3.8) is 0 Å². The molecule has 0 unspecified atom stereocenters. The van der Waals surface area contributed by atoms with E-state index in [-0.39, 0.29) is 11.8 Å². The Bertz CT molecular complexity index is 269. The van der Waals surface area contributed by atoms with Crippen LogP contribution in [0.15, 0.2) is 0 Å². The zero-order chi connectivity index (χ0) is 12.2. The van der Waals surface area contributed by atoms with Gasteiger partial charge in [0.1, 0.15) is 0 Å². The van der Waals surface area contributed by atoms with Crippen molar-refractivity contribution in [1.29, 1.82) is 0 Å². The van der Waals surface area contributed by atoms with Crippen LogP contribution in [0.25, 0.3) is 0 Å². The zero-order valence-electron chi connectivity index (χ0n) is 10.7. The minimum atomic E-state index is -0.0000463. The molecule has 0 atom stereocenters. The zero-order valence-corrected chi connectivity index (χ0v) is 10.7. The lowest BCUT2D eigenvalue weighted by Gasteiger charge is -2.25. The highest BCUT2D eigenvalue weighted by molar-refractivity contribution is 5.95. The minimum Gasteiger partial charge on any atom is -0.330 e. The molecule has 0 bridgehead atoms. The first kappa shape index (κ1) is 13.2. The summed E-state index contributed by atoms with van der Waals surface area (Å²) in [5.41, 5.74) is 0. The fourth-order valence-corrected chi connectivity index (χ4v) is 1.81. The van der Waals surface area contributed by atoms with Crippen LogP contribution in [0.5, 0.6) is 0 Å². The van der Waals surface area contributed by atoms with Crippen LogP contribution in [0, 0.1) is 0 Å². The first-order valence-electron chi connectivity index (χ1n) is 6.04. The molecular weight excluding hydrogens is 204 g/mol. The number of imide groups is 1. The third kappa shape index (κ3) is 4.31. The maximum Gasteiger partial charge on any atom is 0.234 e. The molecule has 0 aromatic carbocycles. The van der Waals surface area contributed by atoms with Gasteiger partial charge in [-0.3, -0.25) is 14.5 Å². The fraction of sp³-hybridized carbons (Fsp3) is 0.833. The summed E-state index contributed by atoms with van der Waals surface area (Å²) in [6.45, 7) is 1.40. The topological polar surface area (TPSA) is 37.4 Å². The van der Waals surface area contributed by atoms with Crippen molar-refractivity contribution in [3.8, 4) is 0 Å². The Morgan fingerprint density at radius 2 is 1.94 bits per heavy atom. The highest BCUT2D eigenvalue weighted by Crippen LogP contribution is 2.12. The lowest BCUT2D eigenvalue weighted by molar-refractivity contribution is -0.869. The number of carbonyl (C=O) groups excluding carboxylic acids is 2. The molecule has 0 aliphatic carbocycles. The summed E-state index contributed by atoms with van der Waals surface area (Å²) in [7, 11) is 6.16. The van der Waals surface area contributed by atoms with Gasteiger partial charge < -0.3 is 4.48 Å². The number of hydrogen-bond acceptors (Lipinski definition) is 2. The maximum absolute atomic E-state index is 11.9. The summed E-state index contributed by atoms with van der Waals surface area (Å²) < 4.78 is 0.758. The molecule has 0 spiro atoms. The first-order valence-corrected chi connectivity index (χ1v) is 6.04. The number of hydrogen-bond donors (Lipinski definition) is 0. The van der Waals surface area contributed by atoms with Crippen LogP contribution in [0.1, 0.15) is 32.1 Å². The van der Waals surface area contributed by atoms with Crippen LogP contribution in [0.2, 0.25) is 0 Å². The van der Waals surface area contributed by atoms with Crippen molar-refractivity contribution in [3.05, 3.63) is 0 Å². The van der Waals surface area contributed by atoms with Crippen LogP contribution in [0.4, 0.5) is 0 Å². The Labute approximate surface area is 97.8 Å². The Morgan fingerprint density at radius 1 is 1.25 bits per heavy atom. The van der Waals surface area contributed by atoms with Crippen LogP contribution in [-0.4, -0.2) is 55.4 Å². The normalized spacial score (nSPS) is 18.4. The standard InChI is InChI=1S/C12H23N2O2/c1-14(2,3)10-8-12(16)13-9-6-4-5-7-11(13)15/h4-10H2,1-3H3/q+1. The molecule has 4 heteroatoms. The van der Waals surface area contributed by atoms with Crippen molar-refractivity contribution in [2.24, 2.45) is 0 Å². The van der Waals surface area contributed by atoms with Crippen LogP contribution in [-0.2, 0) is 9.59 Å². The van der Waals surface area contributed by atoms with E-state index in [4.69, 9.17) is 0 Å². The summed E-state index contributed by atoms with van der Waals surface area (Å²) in [5, 5.41) is 0. The molecule has 1 aliphatic rings. The van der Waals surface area contributed by atoms with Gasteiger partial charge in [-0.05, 0) is 12.8 Å². The number of nitrogens with zero attached hydrogens (tertiary/aromatic N) is 2. The fourth-order valence-electron chi connectivity index (χ4n) is 1.81. The smallest absolute Gasteiger partial charge is 0.234 e. The van der Waals surface area contributed by atoms with Gasteiger partial charge in [-0.25, -0.2) is 0 Å². The predicted molar refractivity (Wildman–Crippen MR) is 62.7 cm³/mol. The Balaban J connectivity index is 2.48. The van der Waals surface area contributed by atoms with Gasteiger partial charge in [-0.1, -0.05) is 6.42 Å². The second-order valence-electron chi connectivity index (χ2n) is 5.51. The number of carbonyl (C=O) groups is 2. The predicted octanol–water partition coefficient (Wildman–Crippen LogP) is 1.01. The average Bonchev–Trinajstić information content (AvgIpc) is 2.38. The summed E-state index contributed by atoms with van der Waals surface area (Å²) in [6.07, 6.45) is 3.95. The second-order valence-corrected chi connectivity index (χ2v) is 5.51. The molecule has 1 heterocycles. The molecular formula is C12H23N2O2+. The van der Waals surface area contributed by atoms with E-state index < -0.39 is 0 Å². The largest absolute Gasteiger partial charge is 0.330 e. The van der Waals surface area contributed by atoms with E-state index in [0.717, 1.165) is 30.3 Å². The number of likely N-dealkylation sites (tertiary alicyclic amines) is 1. The van der Waals surface area contributed by atoms with Crippen molar-refractivity contribution in [2.45, 2.75) is 32.1 Å². The molecule has 1 saturated heterocycles. The number of quaternary nitrogens is 1. The van der Waals surface area contributed by atoms with Crippen molar-refractivity contribution in [2.75, 3.05) is 34.2 Å². The summed E-state index contributed by atoms with van der Waals surface area (Å²) in [5.74, 6) is 0.0175. The van der Waals surface area contributed by atoms with E-state index >= 15 is 0 Å². The quantitative estimate of drug-likeness (QED) is 0.675. The molecule has 4 nitrogen and oxygen atoms in total. The number of rotatable bonds is 3. The summed E-state index contributed by atoms with van der Waals surface area (Å²) in [6, 6.07) is 0. The van der Waals surface area contributed by atoms with E-state index in [1.54, 1.807) is 0 Å². The molecule has 1 aliphatic heterocycles. The van der Waals surface area contributed by atoms with Crippen LogP contribution >= 0.6 is 0 Å². The highest BCUT2D eigenvalue weighted by atomic mass is 16.2. The Morgan fingerprint density at radius 3 is 2.56 bits per heavy atom. The van der Waals surface area contributed by atoms with Gasteiger partial charge in [0.25, 0.3) is 0 Å². The molecule has 1 fully saturated rings. The summed E-state index contributed by atoms with van der Waals surface area (Å²) >= 11 is 0. The molecule has 2 amide bonds. The van der Waals surface area contributed by atoms with Crippen molar-refractivity contribution >= 4 is 11.8 Å². The van der Waals surface area contributed by atoms with Gasteiger partial charge >= 0.3 is 0 Å². The van der Waals surface area contributed by atoms with Gasteiger partial charge in [-0.15, -0.1) is 0 Å². The van der Waals surface area contributed by atoms with E-state index in [9.17, 15) is 9.59 Å². The summed E-state index contributed by atoms with van der Waals surface area (Å²) in [4.78, 5) is 25.0. The Hall–Kier alpha value is -0.900. The highest BCUT2D eigenvalue weighted by Gasteiger charge is 2.24. The van der Waals surface area contributed by atoms with Gasteiger partial charge in [0, 0.05) is 13.0 Å². The first-order chi connectivity index (χ1) is 7.40. The third-order valence-corrected chi connectivity index (χ3v) is 2.87. The molecule has 0 N–H and O–H groups in total. The molecule has 92 valence electrons. The second kappa shape index (κ2) is 5.43. The van der Waals surface area contributed by atoms with Gasteiger partial charge in [0.2, 0.25) is 11.8 Å². The average molecular weight is 227 g/mol. The van der Waals surface area contributed by atoms with Crippen molar-refractivity contribution in [1.82, 2.24) is 4.90 Å². The molecule has 0 aromatic rings. The molecule has 1 rings (SSSR count). The SMILES string of the molecule is C[N+](C)(C)CCC(=O)N1CCCCCC1=O. The van der Waals surface area contributed by atoms with E-state index in [1.807, 2.05) is 0 Å². The van der Waals surface area contributed by atoms with Crippen LogP contribution < -0.4 is 0 Å². The van der Waals surface area contributed by atoms with E-state index in [1.165, 1.54) is 4.90 Å².